The molecule has 1 N–H and O–H groups in total. The van der Waals surface area contributed by atoms with Crippen LogP contribution in [0.25, 0.3) is 0 Å². The van der Waals surface area contributed by atoms with E-state index in [0.717, 1.165) is 5.92 Å². The van der Waals surface area contributed by atoms with Crippen LogP contribution in [-0.4, -0.2) is 13.6 Å². The first kappa shape index (κ1) is 10.0. The summed E-state index contributed by atoms with van der Waals surface area (Å²) >= 11 is 0. The van der Waals surface area contributed by atoms with E-state index in [1.165, 1.54) is 57.9 Å². The molecule has 1 saturated carbocycles. The van der Waals surface area contributed by atoms with Crippen molar-refractivity contribution in [3.05, 3.63) is 0 Å². The highest BCUT2D eigenvalue weighted by Crippen LogP contribution is 2.25. The second kappa shape index (κ2) is 6.47. The molecular formula is C11H23N. The number of rotatable bonds is 4. The molecule has 0 aromatic rings. The molecule has 0 heterocycles. The van der Waals surface area contributed by atoms with E-state index in [2.05, 4.69) is 5.32 Å². The summed E-state index contributed by atoms with van der Waals surface area (Å²) in [7, 11) is 2.05. The summed E-state index contributed by atoms with van der Waals surface area (Å²) in [5.74, 6) is 1.06. The molecule has 0 bridgehead atoms. The zero-order chi connectivity index (χ0) is 8.65. The lowest BCUT2D eigenvalue weighted by atomic mass is 9.95. The molecule has 72 valence electrons. The molecule has 0 atom stereocenters. The Balaban J connectivity index is 2.04. The third kappa shape index (κ3) is 4.10. The quantitative estimate of drug-likeness (QED) is 0.504. The highest BCUT2D eigenvalue weighted by Gasteiger charge is 2.10. The van der Waals surface area contributed by atoms with Gasteiger partial charge in [0.1, 0.15) is 0 Å². The monoisotopic (exact) mass is 169 g/mol. The normalized spacial score (nSPS) is 20.8. The molecule has 1 aliphatic rings. The summed E-state index contributed by atoms with van der Waals surface area (Å²) in [6.45, 7) is 1.20. The standard InChI is InChI=1S/C11H23N/c1-12-10-6-9-11-7-4-2-3-5-8-11/h11-12H,2-10H2,1H3. The van der Waals surface area contributed by atoms with Crippen molar-refractivity contribution in [2.75, 3.05) is 13.6 Å². The van der Waals surface area contributed by atoms with Crippen LogP contribution in [-0.2, 0) is 0 Å². The summed E-state index contributed by atoms with van der Waals surface area (Å²) in [6.07, 6.45) is 11.8. The molecule has 1 aliphatic carbocycles. The maximum atomic E-state index is 3.22. The molecule has 1 rings (SSSR count). The van der Waals surface area contributed by atoms with Gasteiger partial charge in [0, 0.05) is 0 Å². The van der Waals surface area contributed by atoms with E-state index < -0.39 is 0 Å². The van der Waals surface area contributed by atoms with Crippen LogP contribution in [0.4, 0.5) is 0 Å². The summed E-state index contributed by atoms with van der Waals surface area (Å²) in [4.78, 5) is 0. The van der Waals surface area contributed by atoms with E-state index >= 15 is 0 Å². The van der Waals surface area contributed by atoms with Gasteiger partial charge in [-0.1, -0.05) is 38.5 Å². The molecule has 1 nitrogen and oxygen atoms in total. The summed E-state index contributed by atoms with van der Waals surface area (Å²) in [5, 5.41) is 3.22. The van der Waals surface area contributed by atoms with Gasteiger partial charge in [-0.2, -0.15) is 0 Å². The molecule has 0 radical (unpaired) electrons. The van der Waals surface area contributed by atoms with Gasteiger partial charge in [0.15, 0.2) is 0 Å². The molecule has 0 saturated heterocycles. The van der Waals surface area contributed by atoms with Crippen LogP contribution in [0.2, 0.25) is 0 Å². The Bertz CT molecular complexity index is 93.2. The average Bonchev–Trinajstić information content (AvgIpc) is 2.33. The molecule has 0 aromatic heterocycles. The SMILES string of the molecule is CNCCCC1CCCCCC1. The van der Waals surface area contributed by atoms with Gasteiger partial charge < -0.3 is 5.32 Å². The third-order valence-corrected chi connectivity index (χ3v) is 3.01. The first-order valence-electron chi connectivity index (χ1n) is 5.58. The van der Waals surface area contributed by atoms with Crippen molar-refractivity contribution in [1.29, 1.82) is 0 Å². The zero-order valence-electron chi connectivity index (χ0n) is 8.44. The second-order valence-electron chi connectivity index (χ2n) is 4.10. The minimum absolute atomic E-state index is 1.06. The van der Waals surface area contributed by atoms with Crippen LogP contribution in [0.1, 0.15) is 51.4 Å². The highest BCUT2D eigenvalue weighted by atomic mass is 14.8. The smallest absolute Gasteiger partial charge is 0.00518 e. The van der Waals surface area contributed by atoms with Crippen molar-refractivity contribution in [1.82, 2.24) is 5.32 Å². The van der Waals surface area contributed by atoms with Gasteiger partial charge >= 0.3 is 0 Å². The Labute approximate surface area is 76.9 Å². The van der Waals surface area contributed by atoms with Crippen LogP contribution >= 0.6 is 0 Å². The first-order valence-corrected chi connectivity index (χ1v) is 5.58. The van der Waals surface area contributed by atoms with Crippen molar-refractivity contribution < 1.29 is 0 Å². The van der Waals surface area contributed by atoms with Crippen LogP contribution < -0.4 is 5.32 Å². The van der Waals surface area contributed by atoms with Gasteiger partial charge in [-0.05, 0) is 32.4 Å². The fraction of sp³-hybridized carbons (Fsp3) is 1.00. The Hall–Kier alpha value is -0.0400. The second-order valence-corrected chi connectivity index (χ2v) is 4.10. The van der Waals surface area contributed by atoms with Crippen LogP contribution in [0, 0.1) is 5.92 Å². The Morgan fingerprint density at radius 3 is 2.33 bits per heavy atom. The highest BCUT2D eigenvalue weighted by molar-refractivity contribution is 4.64. The van der Waals surface area contributed by atoms with Gasteiger partial charge in [-0.15, -0.1) is 0 Å². The Morgan fingerprint density at radius 1 is 1.08 bits per heavy atom. The molecule has 0 aliphatic heterocycles. The minimum Gasteiger partial charge on any atom is -0.320 e. The van der Waals surface area contributed by atoms with Gasteiger partial charge in [0.2, 0.25) is 0 Å². The minimum atomic E-state index is 1.06. The van der Waals surface area contributed by atoms with E-state index in [0.29, 0.717) is 0 Å². The summed E-state index contributed by atoms with van der Waals surface area (Å²) < 4.78 is 0. The van der Waals surface area contributed by atoms with Crippen molar-refractivity contribution in [2.24, 2.45) is 5.92 Å². The maximum Gasteiger partial charge on any atom is -0.00518 e. The Kier molecular flexibility index (Phi) is 5.42. The molecular weight excluding hydrogens is 146 g/mol. The lowest BCUT2D eigenvalue weighted by molar-refractivity contribution is 0.413. The lowest BCUT2D eigenvalue weighted by Gasteiger charge is -2.12. The van der Waals surface area contributed by atoms with E-state index in [9.17, 15) is 0 Å². The topological polar surface area (TPSA) is 12.0 Å². The molecule has 12 heavy (non-hydrogen) atoms. The van der Waals surface area contributed by atoms with E-state index in [4.69, 9.17) is 0 Å². The first-order chi connectivity index (χ1) is 5.93. The van der Waals surface area contributed by atoms with Crippen molar-refractivity contribution in [3.63, 3.8) is 0 Å². The fourth-order valence-corrected chi connectivity index (χ4v) is 2.22. The van der Waals surface area contributed by atoms with Crippen LogP contribution in [0.5, 0.6) is 0 Å². The molecule has 1 fully saturated rings. The predicted octanol–water partition coefficient (Wildman–Crippen LogP) is 2.96. The molecule has 0 spiro atoms. The van der Waals surface area contributed by atoms with E-state index in [1.54, 1.807) is 0 Å². The average molecular weight is 169 g/mol. The third-order valence-electron chi connectivity index (χ3n) is 3.01. The van der Waals surface area contributed by atoms with Crippen LogP contribution in [0.15, 0.2) is 0 Å². The van der Waals surface area contributed by atoms with Gasteiger partial charge in [-0.25, -0.2) is 0 Å². The van der Waals surface area contributed by atoms with Crippen molar-refractivity contribution >= 4 is 0 Å². The molecule has 0 unspecified atom stereocenters. The zero-order valence-corrected chi connectivity index (χ0v) is 8.44. The number of hydrogen-bond acceptors (Lipinski definition) is 1. The van der Waals surface area contributed by atoms with Gasteiger partial charge in [0.25, 0.3) is 0 Å². The summed E-state index contributed by atoms with van der Waals surface area (Å²) in [6, 6.07) is 0. The fourth-order valence-electron chi connectivity index (χ4n) is 2.22. The lowest BCUT2D eigenvalue weighted by Crippen LogP contribution is -2.09. The summed E-state index contributed by atoms with van der Waals surface area (Å²) in [5.41, 5.74) is 0. The molecule has 0 amide bonds. The molecule has 0 aromatic carbocycles. The largest absolute Gasteiger partial charge is 0.320 e. The van der Waals surface area contributed by atoms with Crippen LogP contribution in [0.3, 0.4) is 0 Å². The maximum absolute atomic E-state index is 3.22. The van der Waals surface area contributed by atoms with Crippen molar-refractivity contribution in [2.45, 2.75) is 51.4 Å². The van der Waals surface area contributed by atoms with E-state index in [-0.39, 0.29) is 0 Å². The number of hydrogen-bond donors (Lipinski definition) is 1. The Morgan fingerprint density at radius 2 is 1.75 bits per heavy atom. The predicted molar refractivity (Wildman–Crippen MR) is 54.4 cm³/mol. The van der Waals surface area contributed by atoms with Gasteiger partial charge in [0.05, 0.1) is 0 Å². The van der Waals surface area contributed by atoms with E-state index in [1.807, 2.05) is 7.05 Å². The number of nitrogens with one attached hydrogen (secondary N) is 1. The molecule has 1 heteroatoms. The van der Waals surface area contributed by atoms with Crippen molar-refractivity contribution in [3.8, 4) is 0 Å². The van der Waals surface area contributed by atoms with Gasteiger partial charge in [-0.3, -0.25) is 0 Å².